The van der Waals surface area contributed by atoms with Gasteiger partial charge in [0.15, 0.2) is 0 Å². The van der Waals surface area contributed by atoms with Crippen LogP contribution in [-0.4, -0.2) is 45.5 Å². The van der Waals surface area contributed by atoms with Crippen molar-refractivity contribution in [2.45, 2.75) is 77.0 Å². The van der Waals surface area contributed by atoms with Crippen molar-refractivity contribution in [2.24, 2.45) is 0 Å². The van der Waals surface area contributed by atoms with Gasteiger partial charge in [0.1, 0.15) is 0 Å². The maximum Gasteiger partial charge on any atom is 0.279 e. The number of hydrogen-bond donors (Lipinski definition) is 2. The fraction of sp³-hybridized carbons (Fsp3) is 0.286. The third-order valence-corrected chi connectivity index (χ3v) is 8.48. The van der Waals surface area contributed by atoms with Crippen LogP contribution in [0.3, 0.4) is 0 Å². The summed E-state index contributed by atoms with van der Waals surface area (Å²) in [6, 6.07) is 33.7. The number of nitrogens with one attached hydrogen (secondary N) is 2. The van der Waals surface area contributed by atoms with Crippen LogP contribution in [0, 0.1) is 0 Å². The lowest BCUT2D eigenvalue weighted by Crippen LogP contribution is -2.49. The van der Waals surface area contributed by atoms with E-state index in [2.05, 4.69) is 10.9 Å². The Morgan fingerprint density at radius 3 is 0.885 bits per heavy atom. The summed E-state index contributed by atoms with van der Waals surface area (Å²) in [4.78, 5) is 78.0. The lowest BCUT2D eigenvalue weighted by Gasteiger charge is -2.21. The molecule has 0 bridgehead atoms. The second-order valence-corrected chi connectivity index (χ2v) is 12.5. The molecule has 6 amide bonds. The van der Waals surface area contributed by atoms with Gasteiger partial charge in [-0.15, -0.1) is 0 Å². The molecule has 0 saturated heterocycles. The van der Waals surface area contributed by atoms with Gasteiger partial charge in [-0.2, -0.15) is 10.0 Å². The van der Waals surface area contributed by atoms with Gasteiger partial charge < -0.3 is 0 Å². The third kappa shape index (κ3) is 12.5. The van der Waals surface area contributed by atoms with Crippen LogP contribution in [0.15, 0.2) is 121 Å². The number of hydrazine groups is 2. The van der Waals surface area contributed by atoms with Crippen molar-refractivity contribution < 1.29 is 28.8 Å². The fourth-order valence-corrected chi connectivity index (χ4v) is 5.57. The van der Waals surface area contributed by atoms with E-state index >= 15 is 0 Å². The van der Waals surface area contributed by atoms with E-state index in [1.807, 2.05) is 0 Å². The number of rotatable bonds is 17. The topological polar surface area (TPSA) is 133 Å². The summed E-state index contributed by atoms with van der Waals surface area (Å²) in [5.74, 6) is -3.13. The molecule has 4 rings (SSSR count). The predicted molar refractivity (Wildman–Crippen MR) is 198 cm³/mol. The predicted octanol–water partition coefficient (Wildman–Crippen LogP) is 7.70. The van der Waals surface area contributed by atoms with Crippen LogP contribution >= 0.6 is 0 Å². The van der Waals surface area contributed by atoms with Crippen LogP contribution in [0.4, 0.5) is 0 Å². The molecule has 0 radical (unpaired) electrons. The zero-order chi connectivity index (χ0) is 37.0. The maximum atomic E-state index is 13.1. The van der Waals surface area contributed by atoms with Crippen molar-refractivity contribution in [3.05, 3.63) is 144 Å². The molecule has 0 unspecified atom stereocenters. The molecular weight excluding hydrogens is 656 g/mol. The molecule has 2 N–H and O–H groups in total. The molecule has 0 saturated carbocycles. The Morgan fingerprint density at radius 2 is 0.596 bits per heavy atom. The third-order valence-electron chi connectivity index (χ3n) is 8.48. The normalized spacial score (nSPS) is 10.5. The van der Waals surface area contributed by atoms with E-state index in [1.165, 1.54) is 0 Å². The summed E-state index contributed by atoms with van der Waals surface area (Å²) in [6.45, 7) is 0. The zero-order valence-corrected chi connectivity index (χ0v) is 29.4. The summed E-state index contributed by atoms with van der Waals surface area (Å²) in [5.41, 5.74) is 6.31. The van der Waals surface area contributed by atoms with Crippen molar-refractivity contribution in [1.29, 1.82) is 0 Å². The second kappa shape index (κ2) is 21.3. The molecule has 4 aromatic carbocycles. The Kier molecular flexibility index (Phi) is 16.0. The van der Waals surface area contributed by atoms with E-state index in [0.29, 0.717) is 35.1 Å². The van der Waals surface area contributed by atoms with E-state index in [9.17, 15) is 28.8 Å². The molecule has 10 heteroatoms. The van der Waals surface area contributed by atoms with E-state index in [1.54, 1.807) is 121 Å². The molecule has 0 atom stereocenters. The molecule has 270 valence electrons. The summed E-state index contributed by atoms with van der Waals surface area (Å²) in [6.07, 6.45) is 9.14. The minimum atomic E-state index is -0.577. The van der Waals surface area contributed by atoms with Crippen LogP contribution < -0.4 is 10.9 Å². The molecule has 0 spiro atoms. The number of amides is 6. The van der Waals surface area contributed by atoms with Gasteiger partial charge in [-0.3, -0.25) is 39.6 Å². The quantitative estimate of drug-likeness (QED) is 0.0856. The summed E-state index contributed by atoms with van der Waals surface area (Å²) >= 11 is 0. The van der Waals surface area contributed by atoms with Gasteiger partial charge in [-0.1, -0.05) is 124 Å². The van der Waals surface area contributed by atoms with E-state index in [-0.39, 0.29) is 12.8 Å². The van der Waals surface area contributed by atoms with Gasteiger partial charge in [0.25, 0.3) is 23.6 Å². The zero-order valence-electron chi connectivity index (χ0n) is 29.4. The lowest BCUT2D eigenvalue weighted by molar-refractivity contribution is -0.131. The van der Waals surface area contributed by atoms with Crippen molar-refractivity contribution in [3.8, 4) is 0 Å². The minimum absolute atomic E-state index is 0.136. The molecule has 10 nitrogen and oxygen atoms in total. The van der Waals surface area contributed by atoms with Crippen LogP contribution in [0.2, 0.25) is 0 Å². The smallest absolute Gasteiger partial charge is 0.273 e. The monoisotopic (exact) mass is 702 g/mol. The van der Waals surface area contributed by atoms with Crippen LogP contribution in [0.25, 0.3) is 0 Å². The number of hydrogen-bond acceptors (Lipinski definition) is 6. The summed E-state index contributed by atoms with van der Waals surface area (Å²) in [5, 5.41) is 1.66. The van der Waals surface area contributed by atoms with Gasteiger partial charge >= 0.3 is 0 Å². The van der Waals surface area contributed by atoms with Crippen molar-refractivity contribution >= 4 is 35.4 Å². The van der Waals surface area contributed by atoms with Crippen molar-refractivity contribution in [3.63, 3.8) is 0 Å². The summed E-state index contributed by atoms with van der Waals surface area (Å²) < 4.78 is 0. The number of carbonyl (C=O) groups is 6. The number of nitrogens with zero attached hydrogens (tertiary/aromatic N) is 2. The first-order chi connectivity index (χ1) is 25.3. The molecule has 0 heterocycles. The average Bonchev–Trinajstić information content (AvgIpc) is 3.19. The summed E-state index contributed by atoms with van der Waals surface area (Å²) in [7, 11) is 0. The standard InChI is InChI=1S/C42H46N4O6/c47-37(45(41(51)35-27-17-11-18-28-35)43-39(49)33-23-13-9-14-24-33)31-21-7-5-3-1-2-4-6-8-22-32-38(48)46(42(52)36-29-19-12-20-30-36)44-40(50)34-25-15-10-16-26-34/h9-20,23-30H,1-8,21-22,31-32H2,(H,43,49)(H,44,50). The number of benzene rings is 4. The number of carbonyl (C=O) groups excluding carboxylic acids is 6. The first kappa shape index (κ1) is 38.9. The Morgan fingerprint density at radius 1 is 0.346 bits per heavy atom. The highest BCUT2D eigenvalue weighted by atomic mass is 16.2. The van der Waals surface area contributed by atoms with E-state index in [0.717, 1.165) is 61.4 Å². The average molecular weight is 703 g/mol. The fourth-order valence-electron chi connectivity index (χ4n) is 5.57. The van der Waals surface area contributed by atoms with E-state index in [4.69, 9.17) is 0 Å². The second-order valence-electron chi connectivity index (χ2n) is 12.5. The molecule has 52 heavy (non-hydrogen) atoms. The molecule has 4 aromatic rings. The Balaban J connectivity index is 1.12. The molecule has 0 aliphatic heterocycles. The van der Waals surface area contributed by atoms with Crippen LogP contribution in [0.5, 0.6) is 0 Å². The number of unbranched alkanes of at least 4 members (excludes halogenated alkanes) is 9. The molecule has 0 fully saturated rings. The SMILES string of the molecule is O=C(NN(C(=O)CCCCCCCCCCCCC(=O)N(NC(=O)c1ccccc1)C(=O)c1ccccc1)C(=O)c1ccccc1)c1ccccc1. The molecular formula is C42H46N4O6. The maximum absolute atomic E-state index is 13.1. The number of imide groups is 2. The van der Waals surface area contributed by atoms with Gasteiger partial charge in [0.05, 0.1) is 0 Å². The first-order valence-corrected chi connectivity index (χ1v) is 17.9. The van der Waals surface area contributed by atoms with Crippen LogP contribution in [-0.2, 0) is 9.59 Å². The minimum Gasteiger partial charge on any atom is -0.273 e. The molecule has 0 aliphatic rings. The van der Waals surface area contributed by atoms with Gasteiger partial charge in [0, 0.05) is 35.1 Å². The lowest BCUT2D eigenvalue weighted by atomic mass is 10.0. The first-order valence-electron chi connectivity index (χ1n) is 17.9. The largest absolute Gasteiger partial charge is 0.279 e. The Labute approximate surface area is 305 Å². The Hall–Kier alpha value is -5.90. The van der Waals surface area contributed by atoms with Gasteiger partial charge in [0.2, 0.25) is 11.8 Å². The Bertz CT molecular complexity index is 1620. The molecule has 0 aliphatic carbocycles. The van der Waals surface area contributed by atoms with Gasteiger partial charge in [-0.25, -0.2) is 0 Å². The molecule has 0 aromatic heterocycles. The highest BCUT2D eigenvalue weighted by molar-refractivity contribution is 6.08. The highest BCUT2D eigenvalue weighted by Gasteiger charge is 2.26. The van der Waals surface area contributed by atoms with Crippen molar-refractivity contribution in [1.82, 2.24) is 20.9 Å². The van der Waals surface area contributed by atoms with Crippen molar-refractivity contribution in [2.75, 3.05) is 0 Å². The van der Waals surface area contributed by atoms with Gasteiger partial charge in [-0.05, 0) is 61.4 Å². The van der Waals surface area contributed by atoms with E-state index < -0.39 is 35.4 Å². The van der Waals surface area contributed by atoms with Crippen LogP contribution in [0.1, 0.15) is 118 Å². The highest BCUT2D eigenvalue weighted by Crippen LogP contribution is 2.15.